The maximum absolute atomic E-state index is 13.9. The Labute approximate surface area is 263 Å². The smallest absolute Gasteiger partial charge is 0.411 e. The average molecular weight is 682 g/mol. The van der Waals surface area contributed by atoms with Crippen LogP contribution < -0.4 is 15.5 Å². The zero-order chi connectivity index (χ0) is 33.3. The Morgan fingerprint density at radius 2 is 1.71 bits per heavy atom. The van der Waals surface area contributed by atoms with E-state index in [0.29, 0.717) is 0 Å². The second-order valence-electron chi connectivity index (χ2n) is 9.45. The Hall–Kier alpha value is -4.78. The molecule has 0 aliphatic heterocycles. The highest BCUT2D eigenvalue weighted by molar-refractivity contribution is 7.90. The summed E-state index contributed by atoms with van der Waals surface area (Å²) in [5.41, 5.74) is 2.03. The fraction of sp³-hybridized carbons (Fsp3) is 0.143. The number of carbonyl (C=O) groups is 2. The van der Waals surface area contributed by atoms with Crippen molar-refractivity contribution in [2.24, 2.45) is 5.10 Å². The molecule has 1 heterocycles. The van der Waals surface area contributed by atoms with E-state index in [9.17, 15) is 31.2 Å². The number of carboxylic acid groups (broad SMARTS) is 1. The maximum atomic E-state index is 13.9. The molecule has 1 aromatic heterocycles. The molecule has 0 aliphatic rings. The number of halogens is 5. The molecule has 11 nitrogen and oxygen atoms in total. The third kappa shape index (κ3) is 7.14. The Morgan fingerprint density at radius 1 is 1.09 bits per heavy atom. The molecule has 3 N–H and O–H groups in total. The van der Waals surface area contributed by atoms with Crippen LogP contribution in [0, 0.1) is 18.3 Å². The van der Waals surface area contributed by atoms with Gasteiger partial charge in [0, 0.05) is 11.6 Å². The topological polar surface area (TPSA) is 163 Å². The quantitative estimate of drug-likeness (QED) is 0.132. The number of fused-ring (bicyclic) bond motifs is 1. The number of nitriles is 1. The van der Waals surface area contributed by atoms with Crippen molar-refractivity contribution in [1.29, 1.82) is 5.26 Å². The highest BCUT2D eigenvalue weighted by atomic mass is 35.5. The van der Waals surface area contributed by atoms with Gasteiger partial charge in [0.1, 0.15) is 11.8 Å². The third-order valence-corrected chi connectivity index (χ3v) is 8.61. The van der Waals surface area contributed by atoms with Gasteiger partial charge in [0.05, 0.1) is 32.1 Å². The predicted octanol–water partition coefficient (Wildman–Crippen LogP) is 7.04. The first-order chi connectivity index (χ1) is 21.0. The van der Waals surface area contributed by atoms with Gasteiger partial charge < -0.3 is 9.84 Å². The highest BCUT2D eigenvalue weighted by Crippen LogP contribution is 2.43. The van der Waals surface area contributed by atoms with Crippen molar-refractivity contribution < 1.29 is 41.0 Å². The third-order valence-electron chi connectivity index (χ3n) is 6.36. The lowest BCUT2D eigenvalue weighted by molar-refractivity contribution is -0.146. The molecule has 3 aromatic carbocycles. The summed E-state index contributed by atoms with van der Waals surface area (Å²) in [5.74, 6) is -3.49. The van der Waals surface area contributed by atoms with E-state index in [-0.39, 0.29) is 48.6 Å². The van der Waals surface area contributed by atoms with E-state index in [1.165, 1.54) is 53.9 Å². The first-order valence-electron chi connectivity index (χ1n) is 12.5. The van der Waals surface area contributed by atoms with Crippen LogP contribution in [0.15, 0.2) is 70.8 Å². The molecular weight excluding hydrogens is 662 g/mol. The number of aryl methyl sites for hydroxylation is 1. The van der Waals surface area contributed by atoms with Crippen LogP contribution in [0.3, 0.4) is 0 Å². The van der Waals surface area contributed by atoms with Crippen LogP contribution in [0.1, 0.15) is 24.0 Å². The summed E-state index contributed by atoms with van der Waals surface area (Å²) in [6.45, 7) is 2.67. The zero-order valence-corrected chi connectivity index (χ0v) is 25.3. The van der Waals surface area contributed by atoms with E-state index >= 15 is 0 Å². The van der Waals surface area contributed by atoms with Crippen LogP contribution in [0.5, 0.6) is 11.5 Å². The molecule has 4 rings (SSSR count). The molecule has 234 valence electrons. The van der Waals surface area contributed by atoms with Crippen molar-refractivity contribution in [2.45, 2.75) is 30.8 Å². The van der Waals surface area contributed by atoms with Gasteiger partial charge in [-0.05, 0) is 61.9 Å². The van der Waals surface area contributed by atoms with Gasteiger partial charge in [-0.2, -0.15) is 23.5 Å². The molecule has 1 atom stereocenters. The molecule has 45 heavy (non-hydrogen) atoms. The summed E-state index contributed by atoms with van der Waals surface area (Å²) in [7, 11) is -4.28. The van der Waals surface area contributed by atoms with Crippen molar-refractivity contribution >= 4 is 67.5 Å². The number of amides is 2. The molecule has 0 fully saturated rings. The Bertz CT molecular complexity index is 1980. The van der Waals surface area contributed by atoms with E-state index in [0.717, 1.165) is 22.7 Å². The van der Waals surface area contributed by atoms with Crippen LogP contribution in [0.2, 0.25) is 10.0 Å². The average Bonchev–Trinajstić information content (AvgIpc) is 3.34. The van der Waals surface area contributed by atoms with Gasteiger partial charge in [0.15, 0.2) is 5.75 Å². The molecule has 17 heteroatoms. The molecule has 1 unspecified atom stereocenters. The number of hydrogen-bond donors (Lipinski definition) is 3. The van der Waals surface area contributed by atoms with Gasteiger partial charge in [0.25, 0.3) is 15.9 Å². The summed E-state index contributed by atoms with van der Waals surface area (Å²) < 4.78 is 75.1. The molecule has 0 bridgehead atoms. The minimum Gasteiger partial charge on any atom is -0.465 e. The van der Waals surface area contributed by atoms with Gasteiger partial charge in [-0.25, -0.2) is 17.2 Å². The number of aromatic nitrogens is 1. The number of nitrogens with one attached hydrogen (secondary N) is 2. The summed E-state index contributed by atoms with van der Waals surface area (Å²) >= 11 is 12.6. The Morgan fingerprint density at radius 3 is 2.27 bits per heavy atom. The SMILES string of the molecule is Cc1ccc(S(=O)(=O)n2cc(C(C)C(F)(F)F)c3cc(Oc4c(Cl)cc(NN=C(C#N)C(=O)NC(=O)O)cc4Cl)ccc32)cc1. The zero-order valence-electron chi connectivity index (χ0n) is 23.0. The van der Waals surface area contributed by atoms with Gasteiger partial charge in [0.2, 0.25) is 5.71 Å². The number of benzene rings is 3. The largest absolute Gasteiger partial charge is 0.465 e. The molecule has 0 saturated heterocycles. The van der Waals surface area contributed by atoms with E-state index < -0.39 is 39.8 Å². The fourth-order valence-corrected chi connectivity index (χ4v) is 6.00. The molecule has 0 saturated carbocycles. The number of carbonyl (C=O) groups excluding carboxylic acids is 1. The van der Waals surface area contributed by atoms with Gasteiger partial charge >= 0.3 is 12.3 Å². The first-order valence-corrected chi connectivity index (χ1v) is 14.7. The summed E-state index contributed by atoms with van der Waals surface area (Å²) in [6.07, 6.45) is -5.45. The molecule has 0 aliphatic carbocycles. The molecule has 2 amide bonds. The second kappa shape index (κ2) is 12.7. The van der Waals surface area contributed by atoms with E-state index in [1.807, 2.05) is 0 Å². The minimum absolute atomic E-state index is 0.0242. The van der Waals surface area contributed by atoms with Gasteiger partial charge in [-0.1, -0.05) is 40.9 Å². The summed E-state index contributed by atoms with van der Waals surface area (Å²) in [4.78, 5) is 22.2. The van der Waals surface area contributed by atoms with Crippen LogP contribution >= 0.6 is 23.2 Å². The monoisotopic (exact) mass is 681 g/mol. The highest BCUT2D eigenvalue weighted by Gasteiger charge is 2.39. The lowest BCUT2D eigenvalue weighted by atomic mass is 10.00. The summed E-state index contributed by atoms with van der Waals surface area (Å²) in [5, 5.41) is 22.3. The van der Waals surface area contributed by atoms with Crippen molar-refractivity contribution in [3.8, 4) is 17.6 Å². The molecule has 0 radical (unpaired) electrons. The van der Waals surface area contributed by atoms with Gasteiger partial charge in [-0.15, -0.1) is 0 Å². The lowest BCUT2D eigenvalue weighted by Crippen LogP contribution is -2.34. The minimum atomic E-state index is -4.69. The summed E-state index contributed by atoms with van der Waals surface area (Å²) in [6, 6.07) is 13.6. The standard InChI is InChI=1S/C28H20Cl2F3N5O6S/c1-14-3-6-18(7-4-14)45(42,43)38-13-20(15(2)28(31,32)33)19-11-17(5-8-24(19)38)44-25-21(29)9-16(10-22(25)30)36-37-23(12-34)26(39)35-27(40)41/h3-11,13,15,36H,1-2H3,(H,35,39)(H,40,41). The number of rotatable bonds is 8. The molecular formula is C28H20Cl2F3N5O6S. The predicted molar refractivity (Wildman–Crippen MR) is 160 cm³/mol. The first kappa shape index (κ1) is 33.1. The van der Waals surface area contributed by atoms with Crippen molar-refractivity contribution in [1.82, 2.24) is 9.29 Å². The van der Waals surface area contributed by atoms with Crippen LogP contribution in [0.25, 0.3) is 10.9 Å². The second-order valence-corrected chi connectivity index (χ2v) is 12.1. The van der Waals surface area contributed by atoms with Crippen molar-refractivity contribution in [2.75, 3.05) is 5.43 Å². The Kier molecular flexibility index (Phi) is 9.33. The number of ether oxygens (including phenoxy) is 1. The molecule has 0 spiro atoms. The number of nitrogens with zero attached hydrogens (tertiary/aromatic N) is 3. The van der Waals surface area contributed by atoms with Crippen molar-refractivity contribution in [3.63, 3.8) is 0 Å². The van der Waals surface area contributed by atoms with Crippen LogP contribution in [-0.4, -0.2) is 41.4 Å². The number of alkyl halides is 3. The number of imide groups is 1. The van der Waals surface area contributed by atoms with Crippen molar-refractivity contribution in [3.05, 3.63) is 82.0 Å². The number of hydrogen-bond acceptors (Lipinski definition) is 8. The fourth-order valence-electron chi connectivity index (χ4n) is 4.05. The molecule has 4 aromatic rings. The maximum Gasteiger partial charge on any atom is 0.411 e. The Balaban J connectivity index is 1.73. The van der Waals surface area contributed by atoms with Crippen LogP contribution in [-0.2, 0) is 14.8 Å². The van der Waals surface area contributed by atoms with E-state index in [4.69, 9.17) is 38.3 Å². The lowest BCUT2D eigenvalue weighted by Gasteiger charge is -2.15. The number of hydrazone groups is 1. The van der Waals surface area contributed by atoms with E-state index in [2.05, 4.69) is 10.5 Å². The number of anilines is 1. The van der Waals surface area contributed by atoms with Crippen LogP contribution in [0.4, 0.5) is 23.7 Å². The van der Waals surface area contributed by atoms with E-state index in [1.54, 1.807) is 19.1 Å². The van der Waals surface area contributed by atoms with Gasteiger partial charge in [-0.3, -0.25) is 15.5 Å². The normalized spacial score (nSPS) is 12.8.